The van der Waals surface area contributed by atoms with Crippen molar-refractivity contribution in [2.24, 2.45) is 0 Å². The van der Waals surface area contributed by atoms with Gasteiger partial charge in [-0.15, -0.1) is 0 Å². The largest absolute Gasteiger partial charge is 0.246 e. The summed E-state index contributed by atoms with van der Waals surface area (Å²) in [6, 6.07) is 0. The van der Waals surface area contributed by atoms with Gasteiger partial charge in [-0.3, -0.25) is 0 Å². The summed E-state index contributed by atoms with van der Waals surface area (Å²) < 4.78 is 11.8. The molecule has 0 aromatic heterocycles. The second-order valence-corrected chi connectivity index (χ2v) is 2.60. The number of thioether (sulfide) groups is 1. The molecular weight excluding hydrogens is 99.1 g/mol. The predicted molar refractivity (Wildman–Crippen MR) is 26.8 cm³/mol. The summed E-state index contributed by atoms with van der Waals surface area (Å²) in [7, 11) is 0. The molecule has 0 nitrogen and oxygen atoms in total. The second kappa shape index (κ2) is 1.41. The van der Waals surface area contributed by atoms with E-state index in [9.17, 15) is 4.39 Å². The molecule has 1 aliphatic rings. The number of alkyl halides is 1. The summed E-state index contributed by atoms with van der Waals surface area (Å²) in [6.07, 6.45) is 2.27. The van der Waals surface area contributed by atoms with E-state index >= 15 is 0 Å². The monoisotopic (exact) mass is 106 g/mol. The van der Waals surface area contributed by atoms with Crippen LogP contribution in [0.5, 0.6) is 0 Å². The number of halogens is 1. The van der Waals surface area contributed by atoms with Crippen molar-refractivity contribution < 1.29 is 4.39 Å². The molecule has 0 saturated heterocycles. The first-order valence-corrected chi connectivity index (χ1v) is 3.30. The first kappa shape index (κ1) is 4.44. The maximum atomic E-state index is 11.8. The van der Waals surface area contributed by atoms with Gasteiger partial charge in [0, 0.05) is 5.25 Å². The number of hydrogen-bond acceptors (Lipinski definition) is 1. The molecule has 1 fully saturated rings. The van der Waals surface area contributed by atoms with Crippen LogP contribution < -0.4 is 0 Å². The third-order valence-corrected chi connectivity index (χ3v) is 2.05. The first-order valence-electron chi connectivity index (χ1n) is 2.01. The van der Waals surface area contributed by atoms with Gasteiger partial charge in [-0.25, -0.2) is 4.39 Å². The van der Waals surface area contributed by atoms with Crippen molar-refractivity contribution >= 4 is 11.8 Å². The summed E-state index contributed by atoms with van der Waals surface area (Å²) >= 11 is 1.62. The quantitative estimate of drug-likeness (QED) is 0.487. The zero-order chi connectivity index (χ0) is 4.57. The highest BCUT2D eigenvalue weighted by Crippen LogP contribution is 2.35. The van der Waals surface area contributed by atoms with E-state index in [1.165, 1.54) is 0 Å². The second-order valence-electron chi connectivity index (χ2n) is 1.53. The van der Waals surface area contributed by atoms with Crippen LogP contribution in [0.15, 0.2) is 0 Å². The SMILES string of the molecule is CS[C@@H]1C[C@H]1F. The molecule has 1 saturated carbocycles. The van der Waals surface area contributed by atoms with Gasteiger partial charge in [0.25, 0.3) is 0 Å². The Morgan fingerprint density at radius 3 is 2.33 bits per heavy atom. The molecule has 0 radical (unpaired) electrons. The summed E-state index contributed by atoms with van der Waals surface area (Å²) in [6.45, 7) is 0. The minimum atomic E-state index is -0.472. The lowest BCUT2D eigenvalue weighted by Crippen LogP contribution is -1.73. The molecule has 0 aromatic carbocycles. The van der Waals surface area contributed by atoms with Crippen molar-refractivity contribution in [1.82, 2.24) is 0 Å². The van der Waals surface area contributed by atoms with Gasteiger partial charge in [-0.05, 0) is 12.7 Å². The average Bonchev–Trinajstić information content (AvgIpc) is 2.19. The van der Waals surface area contributed by atoms with E-state index in [4.69, 9.17) is 0 Å². The molecule has 0 N–H and O–H groups in total. The summed E-state index contributed by atoms with van der Waals surface area (Å²) in [4.78, 5) is 0. The molecule has 0 aliphatic heterocycles. The Labute approximate surface area is 41.1 Å². The summed E-state index contributed by atoms with van der Waals surface area (Å²) in [5.74, 6) is 0. The average molecular weight is 106 g/mol. The Bertz CT molecular complexity index is 53.5. The highest BCUT2D eigenvalue weighted by atomic mass is 32.2. The van der Waals surface area contributed by atoms with Crippen molar-refractivity contribution in [3.05, 3.63) is 0 Å². The molecule has 1 aliphatic carbocycles. The van der Waals surface area contributed by atoms with E-state index in [0.29, 0.717) is 5.25 Å². The maximum Gasteiger partial charge on any atom is 0.113 e. The van der Waals surface area contributed by atoms with E-state index in [1.807, 2.05) is 6.26 Å². The molecule has 0 aromatic rings. The molecule has 2 heteroatoms. The Hall–Kier alpha value is 0.280. The zero-order valence-electron chi connectivity index (χ0n) is 3.65. The molecule has 1 rings (SSSR count). The minimum absolute atomic E-state index is 0.352. The van der Waals surface area contributed by atoms with Crippen LogP contribution in [0.3, 0.4) is 0 Å². The third kappa shape index (κ3) is 0.672. The van der Waals surface area contributed by atoms with Crippen LogP contribution in [0.1, 0.15) is 6.42 Å². The molecular formula is C4H7FS. The fraction of sp³-hybridized carbons (Fsp3) is 1.00. The predicted octanol–water partition coefficient (Wildman–Crippen LogP) is 1.46. The lowest BCUT2D eigenvalue weighted by Gasteiger charge is -1.77. The van der Waals surface area contributed by atoms with Crippen LogP contribution in [0.25, 0.3) is 0 Å². The minimum Gasteiger partial charge on any atom is -0.246 e. The van der Waals surface area contributed by atoms with Gasteiger partial charge in [-0.1, -0.05) is 0 Å². The molecule has 0 unspecified atom stereocenters. The lowest BCUT2D eigenvalue weighted by atomic mass is 10.9. The third-order valence-electron chi connectivity index (χ3n) is 0.961. The van der Waals surface area contributed by atoms with Crippen molar-refractivity contribution in [3.63, 3.8) is 0 Å². The molecule has 0 amide bonds. The number of rotatable bonds is 1. The van der Waals surface area contributed by atoms with E-state index in [2.05, 4.69) is 0 Å². The van der Waals surface area contributed by atoms with Gasteiger partial charge in [-0.2, -0.15) is 11.8 Å². The smallest absolute Gasteiger partial charge is 0.113 e. The van der Waals surface area contributed by atoms with Gasteiger partial charge in [0.2, 0.25) is 0 Å². The van der Waals surface area contributed by atoms with Gasteiger partial charge < -0.3 is 0 Å². The van der Waals surface area contributed by atoms with Gasteiger partial charge in [0.15, 0.2) is 0 Å². The fourth-order valence-corrected chi connectivity index (χ4v) is 1.06. The molecule has 0 heterocycles. The Morgan fingerprint density at radius 1 is 1.83 bits per heavy atom. The standard InChI is InChI=1S/C4H7FS/c1-6-4-2-3(4)5/h3-4H,2H2,1H3/t3-,4-/m1/s1. The van der Waals surface area contributed by atoms with Gasteiger partial charge >= 0.3 is 0 Å². The van der Waals surface area contributed by atoms with Crippen molar-refractivity contribution in [3.8, 4) is 0 Å². The first-order chi connectivity index (χ1) is 2.84. The van der Waals surface area contributed by atoms with Crippen molar-refractivity contribution in [1.29, 1.82) is 0 Å². The lowest BCUT2D eigenvalue weighted by molar-refractivity contribution is 0.482. The molecule has 0 bridgehead atoms. The summed E-state index contributed by atoms with van der Waals surface area (Å²) in [5, 5.41) is 0.352. The number of hydrogen-bond donors (Lipinski definition) is 0. The van der Waals surface area contributed by atoms with Crippen LogP contribution in [0, 0.1) is 0 Å². The van der Waals surface area contributed by atoms with Gasteiger partial charge in [0.1, 0.15) is 6.17 Å². The normalized spacial score (nSPS) is 43.0. The highest BCUT2D eigenvalue weighted by molar-refractivity contribution is 7.99. The Morgan fingerprint density at radius 2 is 2.33 bits per heavy atom. The maximum absolute atomic E-state index is 11.8. The van der Waals surface area contributed by atoms with Crippen molar-refractivity contribution in [2.75, 3.05) is 6.26 Å². The van der Waals surface area contributed by atoms with E-state index < -0.39 is 6.17 Å². The van der Waals surface area contributed by atoms with Crippen LogP contribution >= 0.6 is 11.8 Å². The van der Waals surface area contributed by atoms with Gasteiger partial charge in [0.05, 0.1) is 0 Å². The zero-order valence-corrected chi connectivity index (χ0v) is 4.46. The molecule has 2 atom stereocenters. The highest BCUT2D eigenvalue weighted by Gasteiger charge is 2.36. The molecule has 36 valence electrons. The Balaban J connectivity index is 2.09. The van der Waals surface area contributed by atoms with Crippen LogP contribution in [-0.2, 0) is 0 Å². The molecule has 0 spiro atoms. The molecule has 6 heavy (non-hydrogen) atoms. The van der Waals surface area contributed by atoms with Crippen molar-refractivity contribution in [2.45, 2.75) is 17.8 Å². The summed E-state index contributed by atoms with van der Waals surface area (Å²) in [5.41, 5.74) is 0. The topological polar surface area (TPSA) is 0 Å². The van der Waals surface area contributed by atoms with Crippen LogP contribution in [0.2, 0.25) is 0 Å². The van der Waals surface area contributed by atoms with E-state index in [0.717, 1.165) is 6.42 Å². The Kier molecular flexibility index (Phi) is 1.04. The van der Waals surface area contributed by atoms with E-state index in [1.54, 1.807) is 11.8 Å². The van der Waals surface area contributed by atoms with Crippen LogP contribution in [-0.4, -0.2) is 17.7 Å². The fourth-order valence-electron chi connectivity index (χ4n) is 0.387. The van der Waals surface area contributed by atoms with Crippen LogP contribution in [0.4, 0.5) is 4.39 Å². The van der Waals surface area contributed by atoms with E-state index in [-0.39, 0.29) is 0 Å².